The number of esters is 1. The number of hydrogen-bond donors (Lipinski definition) is 2. The van der Waals surface area contributed by atoms with Crippen LogP contribution in [0.4, 0.5) is 0 Å². The van der Waals surface area contributed by atoms with Gasteiger partial charge in [0.15, 0.2) is 0 Å². The van der Waals surface area contributed by atoms with E-state index in [9.17, 15) is 15.0 Å². The van der Waals surface area contributed by atoms with Crippen LogP contribution in [0.2, 0.25) is 0 Å². The predicted octanol–water partition coefficient (Wildman–Crippen LogP) is 4.41. The van der Waals surface area contributed by atoms with Crippen LogP contribution >= 0.6 is 0 Å². The number of allylic oxidation sites excluding steroid dienone is 2. The Hall–Kier alpha value is -1.13. The fraction of sp³-hybridized carbons (Fsp3) is 0.783. The fourth-order valence-corrected chi connectivity index (χ4v) is 4.71. The van der Waals surface area contributed by atoms with E-state index >= 15 is 0 Å². The van der Waals surface area contributed by atoms with Gasteiger partial charge in [-0.2, -0.15) is 0 Å². The van der Waals surface area contributed by atoms with Crippen LogP contribution in [0.3, 0.4) is 0 Å². The van der Waals surface area contributed by atoms with Crippen molar-refractivity contribution in [2.75, 3.05) is 7.11 Å². The Labute approximate surface area is 164 Å². The number of carbonyl (C=O) groups excluding carboxylic acids is 1. The van der Waals surface area contributed by atoms with Crippen molar-refractivity contribution in [2.24, 2.45) is 23.7 Å². The van der Waals surface area contributed by atoms with Gasteiger partial charge < -0.3 is 14.9 Å². The molecule has 2 N–H and O–H groups in total. The molecule has 1 fully saturated rings. The fourth-order valence-electron chi connectivity index (χ4n) is 4.71. The van der Waals surface area contributed by atoms with Crippen LogP contribution in [-0.2, 0) is 9.53 Å². The molecule has 2 aliphatic carbocycles. The molecule has 4 nitrogen and oxygen atoms in total. The summed E-state index contributed by atoms with van der Waals surface area (Å²) in [5.74, 6) is 1.39. The minimum Gasteiger partial charge on any atom is -0.469 e. The summed E-state index contributed by atoms with van der Waals surface area (Å²) in [6, 6.07) is 0. The lowest BCUT2D eigenvalue weighted by Gasteiger charge is -2.20. The van der Waals surface area contributed by atoms with Gasteiger partial charge in [-0.15, -0.1) is 0 Å². The van der Waals surface area contributed by atoms with E-state index in [1.807, 2.05) is 6.08 Å². The van der Waals surface area contributed by atoms with Gasteiger partial charge in [0.25, 0.3) is 0 Å². The molecule has 2 rings (SSSR count). The van der Waals surface area contributed by atoms with Gasteiger partial charge in [-0.1, -0.05) is 56.9 Å². The van der Waals surface area contributed by atoms with Crippen molar-refractivity contribution in [1.82, 2.24) is 0 Å². The van der Waals surface area contributed by atoms with Crippen molar-refractivity contribution in [3.63, 3.8) is 0 Å². The van der Waals surface area contributed by atoms with E-state index in [1.54, 1.807) is 0 Å². The summed E-state index contributed by atoms with van der Waals surface area (Å²) in [5.41, 5.74) is 1.48. The lowest BCUT2D eigenvalue weighted by molar-refractivity contribution is -0.140. The van der Waals surface area contributed by atoms with Crippen molar-refractivity contribution in [3.8, 4) is 0 Å². The molecule has 0 aromatic heterocycles. The topological polar surface area (TPSA) is 66.8 Å². The Morgan fingerprint density at radius 2 is 2.11 bits per heavy atom. The van der Waals surface area contributed by atoms with Crippen LogP contribution in [0.1, 0.15) is 71.6 Å². The molecule has 27 heavy (non-hydrogen) atoms. The Balaban J connectivity index is 1.83. The van der Waals surface area contributed by atoms with Crippen LogP contribution in [-0.4, -0.2) is 35.5 Å². The zero-order chi connectivity index (χ0) is 19.8. The second-order valence-corrected chi connectivity index (χ2v) is 8.47. The summed E-state index contributed by atoms with van der Waals surface area (Å²) in [5, 5.41) is 20.6. The molecule has 4 unspecified atom stereocenters. The maximum absolute atomic E-state index is 11.3. The van der Waals surface area contributed by atoms with Crippen molar-refractivity contribution < 1.29 is 19.7 Å². The highest BCUT2D eigenvalue weighted by Gasteiger charge is 2.43. The molecule has 0 bridgehead atoms. The largest absolute Gasteiger partial charge is 0.469 e. The summed E-state index contributed by atoms with van der Waals surface area (Å²) in [7, 11) is 1.44. The summed E-state index contributed by atoms with van der Waals surface area (Å²) >= 11 is 0. The number of aliphatic hydroxyl groups excluding tert-OH is 2. The number of carbonyl (C=O) groups is 1. The monoisotopic (exact) mass is 378 g/mol. The first-order valence-electron chi connectivity index (χ1n) is 10.8. The van der Waals surface area contributed by atoms with Crippen molar-refractivity contribution in [3.05, 3.63) is 23.8 Å². The van der Waals surface area contributed by atoms with E-state index in [4.69, 9.17) is 4.74 Å². The number of ether oxygens (including phenoxy) is 1. The van der Waals surface area contributed by atoms with Gasteiger partial charge in [0.2, 0.25) is 0 Å². The van der Waals surface area contributed by atoms with Crippen LogP contribution in [0, 0.1) is 23.7 Å². The average Bonchev–Trinajstić information content (AvgIpc) is 3.17. The van der Waals surface area contributed by atoms with Crippen LogP contribution in [0.15, 0.2) is 23.8 Å². The third-order valence-corrected chi connectivity index (χ3v) is 6.44. The van der Waals surface area contributed by atoms with E-state index < -0.39 is 6.10 Å². The molecule has 1 saturated carbocycles. The van der Waals surface area contributed by atoms with Crippen molar-refractivity contribution in [2.45, 2.75) is 83.8 Å². The molecule has 0 saturated heterocycles. The smallest absolute Gasteiger partial charge is 0.305 e. The molecule has 0 radical (unpaired) electrons. The number of unbranched alkanes of at least 4 members (excludes halogenated alkanes) is 2. The number of aliphatic hydroxyl groups is 2. The first-order chi connectivity index (χ1) is 13.0. The second-order valence-electron chi connectivity index (χ2n) is 8.47. The van der Waals surface area contributed by atoms with Gasteiger partial charge in [0.1, 0.15) is 0 Å². The normalized spacial score (nSPS) is 29.6. The highest BCUT2D eigenvalue weighted by molar-refractivity contribution is 5.68. The zero-order valence-corrected chi connectivity index (χ0v) is 17.3. The maximum Gasteiger partial charge on any atom is 0.305 e. The Bertz CT molecular complexity index is 524. The van der Waals surface area contributed by atoms with Crippen molar-refractivity contribution in [1.29, 1.82) is 0 Å². The standard InChI is InChI=1S/C23H38O4/c1-4-5-6-9-19(24)11-12-20-21-14-17(13-18(21)15-22(20)25)16(2)8-7-10-23(26)27-3/h11-13,16,18-22,24-25H,4-10,14-15H2,1-3H3/b12-11+/t16?,18?,19?,20-,21?,22-/m1/s1. The van der Waals surface area contributed by atoms with Gasteiger partial charge >= 0.3 is 5.97 Å². The Kier molecular flexibility index (Phi) is 9.04. The highest BCUT2D eigenvalue weighted by atomic mass is 16.5. The third-order valence-electron chi connectivity index (χ3n) is 6.44. The molecule has 0 aromatic rings. The SMILES string of the molecule is CCCCCC(O)/C=C/[C@@H]1C2CC(C(C)CCCC(=O)OC)=CC2C[C@H]1O. The molecule has 2 aliphatic rings. The zero-order valence-electron chi connectivity index (χ0n) is 17.3. The molecular weight excluding hydrogens is 340 g/mol. The van der Waals surface area contributed by atoms with Crippen LogP contribution < -0.4 is 0 Å². The maximum atomic E-state index is 11.3. The van der Waals surface area contributed by atoms with Gasteiger partial charge in [-0.3, -0.25) is 4.79 Å². The average molecular weight is 379 g/mol. The molecular formula is C23H38O4. The van der Waals surface area contributed by atoms with Gasteiger partial charge in [-0.05, 0) is 49.9 Å². The third kappa shape index (κ3) is 6.46. The van der Waals surface area contributed by atoms with E-state index in [2.05, 4.69) is 26.0 Å². The summed E-state index contributed by atoms with van der Waals surface area (Å²) in [6.45, 7) is 4.40. The second kappa shape index (κ2) is 11.0. The molecule has 154 valence electrons. The van der Waals surface area contributed by atoms with Crippen molar-refractivity contribution >= 4 is 5.97 Å². The summed E-state index contributed by atoms with van der Waals surface area (Å²) in [4.78, 5) is 11.3. The molecule has 0 heterocycles. The summed E-state index contributed by atoms with van der Waals surface area (Å²) in [6.07, 6.45) is 14.0. The van der Waals surface area contributed by atoms with Gasteiger partial charge in [-0.25, -0.2) is 0 Å². The molecule has 0 spiro atoms. The van der Waals surface area contributed by atoms with E-state index in [0.29, 0.717) is 24.2 Å². The highest BCUT2D eigenvalue weighted by Crippen LogP contribution is 2.49. The molecule has 6 atom stereocenters. The number of rotatable bonds is 11. The molecule has 0 amide bonds. The Morgan fingerprint density at radius 1 is 1.33 bits per heavy atom. The first-order valence-corrected chi connectivity index (χ1v) is 10.8. The molecule has 4 heteroatoms. The number of hydrogen-bond acceptors (Lipinski definition) is 4. The van der Waals surface area contributed by atoms with Crippen LogP contribution in [0.25, 0.3) is 0 Å². The quantitative estimate of drug-likeness (QED) is 0.317. The van der Waals surface area contributed by atoms with Gasteiger partial charge in [0.05, 0.1) is 19.3 Å². The first kappa shape index (κ1) is 22.2. The predicted molar refractivity (Wildman–Crippen MR) is 108 cm³/mol. The lowest BCUT2D eigenvalue weighted by Crippen LogP contribution is -2.18. The summed E-state index contributed by atoms with van der Waals surface area (Å²) < 4.78 is 4.71. The number of methoxy groups -OCH3 is 1. The lowest BCUT2D eigenvalue weighted by atomic mass is 9.86. The molecule has 0 aliphatic heterocycles. The van der Waals surface area contributed by atoms with E-state index in [0.717, 1.165) is 51.4 Å². The minimum atomic E-state index is -0.395. The van der Waals surface area contributed by atoms with E-state index in [-0.39, 0.29) is 18.0 Å². The van der Waals surface area contributed by atoms with Gasteiger partial charge in [0, 0.05) is 12.3 Å². The van der Waals surface area contributed by atoms with E-state index in [1.165, 1.54) is 12.7 Å². The molecule has 0 aromatic carbocycles. The Morgan fingerprint density at radius 3 is 2.81 bits per heavy atom. The van der Waals surface area contributed by atoms with Crippen LogP contribution in [0.5, 0.6) is 0 Å². The minimum absolute atomic E-state index is 0.134. The number of fused-ring (bicyclic) bond motifs is 1.